The maximum absolute atomic E-state index is 8.80. The van der Waals surface area contributed by atoms with Crippen LogP contribution in [0.2, 0.25) is 0 Å². The molecular weight excluding hydrogens is 274 g/mol. The zero-order chi connectivity index (χ0) is 11.3. The second-order valence-electron chi connectivity index (χ2n) is 3.23. The predicted octanol–water partition coefficient (Wildman–Crippen LogP) is 3.18. The van der Waals surface area contributed by atoms with E-state index >= 15 is 0 Å². The molecule has 0 bridgehead atoms. The summed E-state index contributed by atoms with van der Waals surface area (Å²) in [5.74, 6) is 0. The van der Waals surface area contributed by atoms with Crippen molar-refractivity contribution in [1.82, 2.24) is 0 Å². The topological polar surface area (TPSA) is 44.0 Å². The van der Waals surface area contributed by atoms with E-state index in [1.54, 1.807) is 17.8 Å². The molecule has 1 rings (SSSR count). The number of aliphatic hydroxyl groups excluding tert-OH is 1. The average molecular weight is 286 g/mol. The van der Waals surface area contributed by atoms with E-state index in [1.807, 2.05) is 12.1 Å². The number of hydrogen-bond acceptors (Lipinski definition) is 3. The Bertz CT molecular complexity index is 375. The second kappa shape index (κ2) is 6.16. The monoisotopic (exact) mass is 285 g/mol. The van der Waals surface area contributed by atoms with Crippen molar-refractivity contribution in [3.63, 3.8) is 0 Å². The van der Waals surface area contributed by atoms with Gasteiger partial charge in [0.25, 0.3) is 0 Å². The summed E-state index contributed by atoms with van der Waals surface area (Å²) in [5, 5.41) is 18.0. The van der Waals surface area contributed by atoms with E-state index in [4.69, 9.17) is 10.4 Å². The van der Waals surface area contributed by atoms with Crippen LogP contribution < -0.4 is 0 Å². The van der Waals surface area contributed by atoms with Crippen LogP contribution in [0.4, 0.5) is 0 Å². The lowest BCUT2D eigenvalue weighted by Crippen LogP contribution is -1.98. The number of thioether (sulfide) groups is 1. The van der Waals surface area contributed by atoms with Crippen molar-refractivity contribution in [3.05, 3.63) is 28.2 Å². The number of hydrogen-bond donors (Lipinski definition) is 1. The number of rotatable bonds is 4. The Morgan fingerprint density at radius 3 is 2.87 bits per heavy atom. The lowest BCUT2D eigenvalue weighted by molar-refractivity contribution is 0.289. The second-order valence-corrected chi connectivity index (χ2v) is 5.66. The maximum Gasteiger partial charge on any atom is 0.0992 e. The molecule has 0 amide bonds. The molecule has 0 fully saturated rings. The molecule has 1 N–H and O–H groups in total. The van der Waals surface area contributed by atoms with Gasteiger partial charge in [0, 0.05) is 21.2 Å². The Labute approximate surface area is 102 Å². The number of nitriles is 1. The fraction of sp³-hybridized carbons (Fsp3) is 0.364. The number of nitrogens with zero attached hydrogens (tertiary/aromatic N) is 1. The summed E-state index contributed by atoms with van der Waals surface area (Å²) >= 11 is 5.04. The fourth-order valence-electron chi connectivity index (χ4n) is 1.17. The van der Waals surface area contributed by atoms with Gasteiger partial charge in [-0.15, -0.1) is 11.8 Å². The summed E-state index contributed by atoms with van der Waals surface area (Å²) in [6.07, 6.45) is 0.763. The zero-order valence-corrected chi connectivity index (χ0v) is 10.8. The van der Waals surface area contributed by atoms with E-state index in [2.05, 4.69) is 28.9 Å². The van der Waals surface area contributed by atoms with Crippen LogP contribution in [0.5, 0.6) is 0 Å². The Kier molecular flexibility index (Phi) is 5.16. The first-order valence-electron chi connectivity index (χ1n) is 4.64. The van der Waals surface area contributed by atoms with E-state index < -0.39 is 0 Å². The molecule has 0 aliphatic heterocycles. The quantitative estimate of drug-likeness (QED) is 0.864. The molecule has 15 heavy (non-hydrogen) atoms. The molecule has 0 radical (unpaired) electrons. The first-order chi connectivity index (χ1) is 7.15. The van der Waals surface area contributed by atoms with E-state index in [9.17, 15) is 0 Å². The van der Waals surface area contributed by atoms with E-state index in [0.29, 0.717) is 10.8 Å². The van der Waals surface area contributed by atoms with Crippen LogP contribution in [-0.2, 0) is 0 Å². The summed E-state index contributed by atoms with van der Waals surface area (Å²) in [4.78, 5) is 1.06. The highest BCUT2D eigenvalue weighted by Crippen LogP contribution is 2.28. The third kappa shape index (κ3) is 4.25. The van der Waals surface area contributed by atoms with Gasteiger partial charge >= 0.3 is 0 Å². The van der Waals surface area contributed by atoms with Crippen molar-refractivity contribution < 1.29 is 5.11 Å². The minimum atomic E-state index is 0.202. The molecule has 0 aliphatic carbocycles. The first-order valence-corrected chi connectivity index (χ1v) is 6.31. The van der Waals surface area contributed by atoms with Gasteiger partial charge < -0.3 is 5.11 Å². The largest absolute Gasteiger partial charge is 0.396 e. The van der Waals surface area contributed by atoms with Gasteiger partial charge in [0.05, 0.1) is 11.6 Å². The molecule has 0 saturated carbocycles. The highest BCUT2D eigenvalue weighted by Gasteiger charge is 2.05. The van der Waals surface area contributed by atoms with Crippen LogP contribution in [0, 0.1) is 11.3 Å². The van der Waals surface area contributed by atoms with Crippen molar-refractivity contribution in [2.24, 2.45) is 0 Å². The van der Waals surface area contributed by atoms with Crippen LogP contribution in [0.3, 0.4) is 0 Å². The molecule has 4 heteroatoms. The average Bonchev–Trinajstić information content (AvgIpc) is 2.17. The van der Waals surface area contributed by atoms with Crippen LogP contribution in [0.15, 0.2) is 27.6 Å². The lowest BCUT2D eigenvalue weighted by atomic mass is 10.2. The standard InChI is InChI=1S/C11H12BrNOS/c1-8(2-3-14)15-11-5-9(7-13)4-10(12)6-11/h4-6,8,14H,2-3H2,1H3. The van der Waals surface area contributed by atoms with Crippen molar-refractivity contribution in [2.45, 2.75) is 23.5 Å². The Morgan fingerprint density at radius 2 is 2.27 bits per heavy atom. The minimum absolute atomic E-state index is 0.202. The van der Waals surface area contributed by atoms with Crippen molar-refractivity contribution >= 4 is 27.7 Å². The molecule has 1 atom stereocenters. The van der Waals surface area contributed by atoms with Gasteiger partial charge in [0.2, 0.25) is 0 Å². The van der Waals surface area contributed by atoms with Crippen molar-refractivity contribution in [3.8, 4) is 6.07 Å². The normalized spacial score (nSPS) is 12.1. The van der Waals surface area contributed by atoms with Gasteiger partial charge in [-0.1, -0.05) is 22.9 Å². The smallest absolute Gasteiger partial charge is 0.0992 e. The molecule has 0 spiro atoms. The van der Waals surface area contributed by atoms with Crippen LogP contribution in [0.25, 0.3) is 0 Å². The van der Waals surface area contributed by atoms with Gasteiger partial charge in [-0.2, -0.15) is 5.26 Å². The SMILES string of the molecule is CC(CCO)Sc1cc(Br)cc(C#N)c1. The van der Waals surface area contributed by atoms with Gasteiger partial charge in [0.15, 0.2) is 0 Å². The molecular formula is C11H12BrNOS. The molecule has 1 unspecified atom stereocenters. The van der Waals surface area contributed by atoms with Crippen molar-refractivity contribution in [2.75, 3.05) is 6.61 Å². The summed E-state index contributed by atoms with van der Waals surface area (Å²) in [5.41, 5.74) is 0.656. The molecule has 0 heterocycles. The van der Waals surface area contributed by atoms with E-state index in [0.717, 1.165) is 15.8 Å². The molecule has 0 saturated heterocycles. The van der Waals surface area contributed by atoms with Crippen LogP contribution in [-0.4, -0.2) is 17.0 Å². The summed E-state index contributed by atoms with van der Waals surface area (Å²) < 4.78 is 0.917. The van der Waals surface area contributed by atoms with Gasteiger partial charge in [-0.25, -0.2) is 0 Å². The molecule has 80 valence electrons. The highest BCUT2D eigenvalue weighted by molar-refractivity contribution is 9.10. The Hall–Kier alpha value is -0.500. The van der Waals surface area contributed by atoms with Gasteiger partial charge in [-0.3, -0.25) is 0 Å². The fourth-order valence-corrected chi connectivity index (χ4v) is 2.89. The molecule has 0 aliphatic rings. The molecule has 2 nitrogen and oxygen atoms in total. The predicted molar refractivity (Wildman–Crippen MR) is 65.9 cm³/mol. The highest BCUT2D eigenvalue weighted by atomic mass is 79.9. The summed E-state index contributed by atoms with van der Waals surface area (Å²) in [6, 6.07) is 7.76. The summed E-state index contributed by atoms with van der Waals surface area (Å²) in [6.45, 7) is 2.26. The van der Waals surface area contributed by atoms with E-state index in [1.165, 1.54) is 0 Å². The molecule has 0 aromatic heterocycles. The van der Waals surface area contributed by atoms with Gasteiger partial charge in [0.1, 0.15) is 0 Å². The van der Waals surface area contributed by atoms with Crippen LogP contribution in [0.1, 0.15) is 18.9 Å². The number of aliphatic hydroxyl groups is 1. The van der Waals surface area contributed by atoms with E-state index in [-0.39, 0.29) is 6.61 Å². The summed E-state index contributed by atoms with van der Waals surface area (Å²) in [7, 11) is 0. The minimum Gasteiger partial charge on any atom is -0.396 e. The third-order valence-electron chi connectivity index (χ3n) is 1.87. The van der Waals surface area contributed by atoms with Gasteiger partial charge in [-0.05, 0) is 24.6 Å². The lowest BCUT2D eigenvalue weighted by Gasteiger charge is -2.09. The molecule has 1 aromatic rings. The Balaban J connectivity index is 2.77. The molecule has 1 aromatic carbocycles. The first kappa shape index (κ1) is 12.6. The maximum atomic E-state index is 8.80. The zero-order valence-electron chi connectivity index (χ0n) is 8.40. The third-order valence-corrected chi connectivity index (χ3v) is 3.48. The number of benzene rings is 1. The van der Waals surface area contributed by atoms with Crippen LogP contribution >= 0.6 is 27.7 Å². The van der Waals surface area contributed by atoms with Crippen molar-refractivity contribution in [1.29, 1.82) is 5.26 Å². The number of halogens is 1. The Morgan fingerprint density at radius 1 is 1.53 bits per heavy atom.